The highest BCUT2D eigenvalue weighted by molar-refractivity contribution is 7.99. The lowest BCUT2D eigenvalue weighted by Gasteiger charge is -2.25. The molecule has 1 aromatic rings. The molecule has 0 aliphatic carbocycles. The molecule has 114 valence electrons. The van der Waals surface area contributed by atoms with Crippen LogP contribution in [0.25, 0.3) is 0 Å². The molecular weight excluding hydrogens is 293 g/mol. The molecule has 1 fully saturated rings. The molecule has 1 heterocycles. The minimum absolute atomic E-state index is 0.142. The minimum Gasteiger partial charge on any atom is -0.479 e. The van der Waals surface area contributed by atoms with E-state index in [1.54, 1.807) is 12.1 Å². The highest BCUT2D eigenvalue weighted by Gasteiger charge is 2.43. The largest absolute Gasteiger partial charge is 0.479 e. The number of carbonyl (C=O) groups excluding carboxylic acids is 1. The van der Waals surface area contributed by atoms with E-state index in [-0.39, 0.29) is 24.1 Å². The molecule has 2 N–H and O–H groups in total. The molecule has 1 aromatic carbocycles. The van der Waals surface area contributed by atoms with Crippen LogP contribution in [0, 0.1) is 5.82 Å². The summed E-state index contributed by atoms with van der Waals surface area (Å²) in [7, 11) is 0. The Labute approximate surface area is 127 Å². The maximum atomic E-state index is 13.2. The Morgan fingerprint density at radius 3 is 2.86 bits per heavy atom. The van der Waals surface area contributed by atoms with Crippen molar-refractivity contribution >= 4 is 23.6 Å². The number of rotatable bonds is 5. The highest BCUT2D eigenvalue weighted by atomic mass is 32.2. The number of carboxylic acids is 1. The Bertz CT molecular complexity index is 543. The summed E-state index contributed by atoms with van der Waals surface area (Å²) in [5.41, 5.74) is -0.418. The van der Waals surface area contributed by atoms with Crippen molar-refractivity contribution in [3.63, 3.8) is 0 Å². The lowest BCUT2D eigenvalue weighted by Crippen LogP contribution is -2.54. The van der Waals surface area contributed by atoms with Gasteiger partial charge in [0, 0.05) is 12.2 Å². The number of amides is 1. The van der Waals surface area contributed by atoms with Crippen LogP contribution in [0.4, 0.5) is 4.39 Å². The van der Waals surface area contributed by atoms with Gasteiger partial charge in [-0.3, -0.25) is 4.79 Å². The van der Waals surface area contributed by atoms with Gasteiger partial charge >= 0.3 is 5.97 Å². The van der Waals surface area contributed by atoms with E-state index in [2.05, 4.69) is 5.32 Å². The van der Waals surface area contributed by atoms with Crippen LogP contribution in [-0.4, -0.2) is 34.0 Å². The van der Waals surface area contributed by atoms with Gasteiger partial charge in [-0.15, -0.1) is 0 Å². The van der Waals surface area contributed by atoms with Crippen LogP contribution in [-0.2, 0) is 9.59 Å². The summed E-state index contributed by atoms with van der Waals surface area (Å²) < 4.78 is 13.2. The molecule has 0 aromatic heterocycles. The monoisotopic (exact) mass is 311 g/mol. The number of aliphatic carboxylic acids is 1. The van der Waals surface area contributed by atoms with Gasteiger partial charge in [0.05, 0.1) is 0 Å². The van der Waals surface area contributed by atoms with Crippen molar-refractivity contribution in [1.82, 2.24) is 5.32 Å². The zero-order valence-electron chi connectivity index (χ0n) is 11.8. The number of hydrogen-bond acceptors (Lipinski definition) is 3. The SMILES string of the molecule is CC(CC(=O)NC1(C(=O)O)CCSC1)c1cccc(F)c1. The average molecular weight is 311 g/mol. The van der Waals surface area contributed by atoms with E-state index >= 15 is 0 Å². The van der Waals surface area contributed by atoms with Gasteiger partial charge in [-0.1, -0.05) is 19.1 Å². The van der Waals surface area contributed by atoms with Crippen molar-refractivity contribution in [2.75, 3.05) is 11.5 Å². The van der Waals surface area contributed by atoms with Crippen LogP contribution < -0.4 is 5.32 Å². The predicted molar refractivity (Wildman–Crippen MR) is 79.9 cm³/mol. The van der Waals surface area contributed by atoms with E-state index in [9.17, 15) is 19.1 Å². The second-order valence-corrected chi connectivity index (χ2v) is 6.50. The van der Waals surface area contributed by atoms with Crippen molar-refractivity contribution in [2.24, 2.45) is 0 Å². The molecule has 6 heteroatoms. The van der Waals surface area contributed by atoms with Gasteiger partial charge in [-0.2, -0.15) is 11.8 Å². The molecule has 0 bridgehead atoms. The molecule has 21 heavy (non-hydrogen) atoms. The zero-order chi connectivity index (χ0) is 15.5. The molecule has 1 aliphatic heterocycles. The molecule has 0 radical (unpaired) electrons. The first-order valence-corrected chi connectivity index (χ1v) is 7.96. The molecule has 0 spiro atoms. The van der Waals surface area contributed by atoms with Gasteiger partial charge in [0.15, 0.2) is 0 Å². The van der Waals surface area contributed by atoms with Crippen LogP contribution in [0.2, 0.25) is 0 Å². The lowest BCUT2D eigenvalue weighted by atomic mass is 9.95. The third-order valence-electron chi connectivity index (χ3n) is 3.72. The highest BCUT2D eigenvalue weighted by Crippen LogP contribution is 2.29. The summed E-state index contributed by atoms with van der Waals surface area (Å²) in [5, 5.41) is 12.0. The normalized spacial score (nSPS) is 22.8. The Morgan fingerprint density at radius 2 is 2.29 bits per heavy atom. The van der Waals surface area contributed by atoms with Crippen LogP contribution in [0.3, 0.4) is 0 Å². The molecule has 0 saturated carbocycles. The number of hydrogen-bond donors (Lipinski definition) is 2. The number of nitrogens with one attached hydrogen (secondary N) is 1. The molecule has 2 rings (SSSR count). The second kappa shape index (κ2) is 6.47. The van der Waals surface area contributed by atoms with E-state index in [0.717, 1.165) is 11.3 Å². The maximum absolute atomic E-state index is 13.2. The number of thioether (sulfide) groups is 1. The Morgan fingerprint density at radius 1 is 1.52 bits per heavy atom. The number of halogens is 1. The fraction of sp³-hybridized carbons (Fsp3) is 0.467. The zero-order valence-corrected chi connectivity index (χ0v) is 12.6. The Kier molecular flexibility index (Phi) is 4.88. The lowest BCUT2D eigenvalue weighted by molar-refractivity contribution is -0.146. The molecule has 1 saturated heterocycles. The molecule has 1 amide bonds. The van der Waals surface area contributed by atoms with Gasteiger partial charge in [0.25, 0.3) is 0 Å². The minimum atomic E-state index is -1.15. The smallest absolute Gasteiger partial charge is 0.330 e. The third kappa shape index (κ3) is 3.75. The Balaban J connectivity index is 1.99. The van der Waals surface area contributed by atoms with E-state index in [0.29, 0.717) is 12.2 Å². The predicted octanol–water partition coefficient (Wildman–Crippen LogP) is 2.40. The van der Waals surface area contributed by atoms with Crippen LogP contribution in [0.5, 0.6) is 0 Å². The third-order valence-corrected chi connectivity index (χ3v) is 4.91. The second-order valence-electron chi connectivity index (χ2n) is 5.40. The summed E-state index contributed by atoms with van der Waals surface area (Å²) in [6, 6.07) is 6.12. The van der Waals surface area contributed by atoms with Gasteiger partial charge < -0.3 is 10.4 Å². The van der Waals surface area contributed by atoms with Crippen molar-refractivity contribution in [3.05, 3.63) is 35.6 Å². The molecular formula is C15H18FNO3S. The van der Waals surface area contributed by atoms with Gasteiger partial charge in [0.2, 0.25) is 5.91 Å². The molecule has 1 aliphatic rings. The first kappa shape index (κ1) is 15.8. The summed E-state index contributed by atoms with van der Waals surface area (Å²) >= 11 is 1.52. The fourth-order valence-corrected chi connectivity index (χ4v) is 3.74. The van der Waals surface area contributed by atoms with E-state index in [1.165, 1.54) is 23.9 Å². The van der Waals surface area contributed by atoms with E-state index < -0.39 is 11.5 Å². The molecule has 2 atom stereocenters. The van der Waals surface area contributed by atoms with Gasteiger partial charge in [0.1, 0.15) is 11.4 Å². The number of carbonyl (C=O) groups is 2. The quantitative estimate of drug-likeness (QED) is 0.876. The average Bonchev–Trinajstić information content (AvgIpc) is 2.88. The molecule has 2 unspecified atom stereocenters. The van der Waals surface area contributed by atoms with Crippen molar-refractivity contribution in [2.45, 2.75) is 31.2 Å². The van der Waals surface area contributed by atoms with Crippen molar-refractivity contribution in [1.29, 1.82) is 0 Å². The van der Waals surface area contributed by atoms with Crippen LogP contribution >= 0.6 is 11.8 Å². The van der Waals surface area contributed by atoms with Gasteiger partial charge in [-0.25, -0.2) is 9.18 Å². The number of carboxylic acid groups (broad SMARTS) is 1. The van der Waals surface area contributed by atoms with E-state index in [4.69, 9.17) is 0 Å². The van der Waals surface area contributed by atoms with E-state index in [1.807, 2.05) is 6.92 Å². The summed E-state index contributed by atoms with van der Waals surface area (Å²) in [6.45, 7) is 1.82. The fourth-order valence-electron chi connectivity index (χ4n) is 2.41. The van der Waals surface area contributed by atoms with Crippen molar-refractivity contribution in [3.8, 4) is 0 Å². The first-order valence-electron chi connectivity index (χ1n) is 6.80. The Hall–Kier alpha value is -1.56. The summed E-state index contributed by atoms with van der Waals surface area (Å²) in [4.78, 5) is 23.5. The van der Waals surface area contributed by atoms with Crippen LogP contribution in [0.1, 0.15) is 31.2 Å². The maximum Gasteiger partial charge on any atom is 0.330 e. The summed E-state index contributed by atoms with van der Waals surface area (Å²) in [6.07, 6.45) is 0.580. The standard InChI is InChI=1S/C15H18FNO3S/c1-10(11-3-2-4-12(16)8-11)7-13(18)17-15(14(19)20)5-6-21-9-15/h2-4,8,10H,5-7,9H2,1H3,(H,17,18)(H,19,20). The van der Waals surface area contributed by atoms with Crippen molar-refractivity contribution < 1.29 is 19.1 Å². The van der Waals surface area contributed by atoms with Gasteiger partial charge in [-0.05, 0) is 35.8 Å². The topological polar surface area (TPSA) is 66.4 Å². The first-order chi connectivity index (χ1) is 9.93. The van der Waals surface area contributed by atoms with Crippen LogP contribution in [0.15, 0.2) is 24.3 Å². The summed E-state index contributed by atoms with van der Waals surface area (Å²) in [5.74, 6) is -0.681. The molecule has 4 nitrogen and oxygen atoms in total. The number of benzene rings is 1.